The van der Waals surface area contributed by atoms with E-state index in [-0.39, 0.29) is 48.3 Å². The van der Waals surface area contributed by atoms with Crippen LogP contribution in [0.4, 0.5) is 0 Å². The van der Waals surface area contributed by atoms with Crippen molar-refractivity contribution in [3.8, 4) is 0 Å². The third kappa shape index (κ3) is 13.0. The number of unbranched alkanes of at least 4 members (excludes halogenated alkanes) is 1. The van der Waals surface area contributed by atoms with Crippen molar-refractivity contribution in [3.05, 3.63) is 0 Å². The van der Waals surface area contributed by atoms with Crippen LogP contribution in [0.3, 0.4) is 0 Å². The Morgan fingerprint density at radius 3 is 2.22 bits per heavy atom. The van der Waals surface area contributed by atoms with Crippen molar-refractivity contribution in [3.63, 3.8) is 0 Å². The molecule has 1 atom stereocenters. The van der Waals surface area contributed by atoms with Gasteiger partial charge in [0.2, 0.25) is 5.91 Å². The normalized spacial score (nSPS) is 11.1. The second kappa shape index (κ2) is 15.7. The van der Waals surface area contributed by atoms with Gasteiger partial charge in [-0.3, -0.25) is 9.59 Å². The van der Waals surface area contributed by atoms with E-state index in [2.05, 4.69) is 10.6 Å². The zero-order valence-corrected chi connectivity index (χ0v) is 15.9. The molecule has 0 aromatic rings. The number of esters is 2. The molecule has 23 heavy (non-hydrogen) atoms. The Morgan fingerprint density at radius 1 is 1.00 bits per heavy atom. The molecule has 7 nitrogen and oxygen atoms in total. The molecule has 0 aromatic carbocycles. The van der Waals surface area contributed by atoms with E-state index in [1.165, 1.54) is 0 Å². The maximum atomic E-state index is 11.8. The van der Waals surface area contributed by atoms with Crippen LogP contribution in [-0.2, 0) is 23.9 Å². The zero-order chi connectivity index (χ0) is 16.8. The maximum absolute atomic E-state index is 11.8. The van der Waals surface area contributed by atoms with E-state index in [1.807, 2.05) is 7.05 Å². The molecule has 0 heterocycles. The van der Waals surface area contributed by atoms with Gasteiger partial charge >= 0.3 is 11.9 Å². The van der Waals surface area contributed by atoms with Gasteiger partial charge < -0.3 is 20.1 Å². The first-order chi connectivity index (χ1) is 10.5. The van der Waals surface area contributed by atoms with Gasteiger partial charge in [-0.2, -0.15) is 0 Å². The highest BCUT2D eigenvalue weighted by molar-refractivity contribution is 8.93. The molecule has 0 aliphatic carbocycles. The number of carbonyl (C=O) groups is 3. The van der Waals surface area contributed by atoms with Gasteiger partial charge in [0.05, 0.1) is 13.2 Å². The summed E-state index contributed by atoms with van der Waals surface area (Å²) >= 11 is 0. The molecule has 0 bridgehead atoms. The lowest BCUT2D eigenvalue weighted by atomic mass is 10.1. The minimum Gasteiger partial charge on any atom is -0.466 e. The van der Waals surface area contributed by atoms with Crippen molar-refractivity contribution in [2.24, 2.45) is 0 Å². The number of amides is 1. The first-order valence-electron chi connectivity index (χ1n) is 7.81. The summed E-state index contributed by atoms with van der Waals surface area (Å²) in [7, 11) is 1.85. The number of halogens is 1. The quantitative estimate of drug-likeness (QED) is 0.381. The molecule has 0 saturated carbocycles. The Morgan fingerprint density at radius 2 is 1.65 bits per heavy atom. The van der Waals surface area contributed by atoms with Crippen molar-refractivity contribution in [2.75, 3.05) is 26.8 Å². The molecule has 0 saturated heterocycles. The average Bonchev–Trinajstić information content (AvgIpc) is 2.48. The highest BCUT2D eigenvalue weighted by atomic mass is 79.9. The molecule has 136 valence electrons. The Kier molecular flexibility index (Phi) is 16.5. The lowest BCUT2D eigenvalue weighted by Gasteiger charge is -2.17. The number of ether oxygens (including phenoxy) is 2. The molecule has 0 rings (SSSR count). The number of nitrogens with one attached hydrogen (secondary N) is 2. The standard InChI is InChI=1S/C15H28N2O5.BrH/c1-4-21-14(19)10-9-12(15(20)22-5-2)17-13(18)8-6-7-11-16-3;/h12,16H,4-11H2,1-3H3,(H,17,18);1H/t12-;/m1./s1. The molecule has 2 N–H and O–H groups in total. The van der Waals surface area contributed by atoms with Crippen LogP contribution in [-0.4, -0.2) is 50.7 Å². The van der Waals surface area contributed by atoms with Gasteiger partial charge in [0.25, 0.3) is 0 Å². The first-order valence-corrected chi connectivity index (χ1v) is 7.81. The molecule has 0 unspecified atom stereocenters. The maximum Gasteiger partial charge on any atom is 0.328 e. The molecule has 0 aliphatic heterocycles. The molecular weight excluding hydrogens is 368 g/mol. The summed E-state index contributed by atoms with van der Waals surface area (Å²) < 4.78 is 9.74. The minimum absolute atomic E-state index is 0. The molecule has 1 amide bonds. The van der Waals surface area contributed by atoms with Gasteiger partial charge in [-0.1, -0.05) is 0 Å². The molecule has 8 heteroatoms. The minimum atomic E-state index is -0.804. The van der Waals surface area contributed by atoms with Crippen LogP contribution in [0, 0.1) is 0 Å². The summed E-state index contributed by atoms with van der Waals surface area (Å²) in [5, 5.41) is 5.64. The van der Waals surface area contributed by atoms with Gasteiger partial charge in [0.1, 0.15) is 6.04 Å². The van der Waals surface area contributed by atoms with Crippen molar-refractivity contribution in [2.45, 2.75) is 52.0 Å². The van der Waals surface area contributed by atoms with Gasteiger partial charge in [0.15, 0.2) is 0 Å². The summed E-state index contributed by atoms with van der Waals surface area (Å²) in [6, 6.07) is -0.804. The highest BCUT2D eigenvalue weighted by Crippen LogP contribution is 2.04. The summed E-state index contributed by atoms with van der Waals surface area (Å²) in [5.41, 5.74) is 0. The topological polar surface area (TPSA) is 93.7 Å². The fraction of sp³-hybridized carbons (Fsp3) is 0.800. The third-order valence-corrected chi connectivity index (χ3v) is 2.93. The fourth-order valence-corrected chi connectivity index (χ4v) is 1.84. The zero-order valence-electron chi connectivity index (χ0n) is 14.2. The van der Waals surface area contributed by atoms with Crippen LogP contribution in [0.1, 0.15) is 46.0 Å². The second-order valence-corrected chi connectivity index (χ2v) is 4.78. The van der Waals surface area contributed by atoms with Gasteiger partial charge in [-0.05, 0) is 46.7 Å². The van der Waals surface area contributed by atoms with Crippen LogP contribution < -0.4 is 10.6 Å². The average molecular weight is 397 g/mol. The predicted molar refractivity (Wildman–Crippen MR) is 92.5 cm³/mol. The summed E-state index contributed by atoms with van der Waals surface area (Å²) in [4.78, 5) is 35.0. The van der Waals surface area contributed by atoms with E-state index in [0.717, 1.165) is 19.4 Å². The summed E-state index contributed by atoms with van der Waals surface area (Å²) in [6.07, 6.45) is 2.21. The van der Waals surface area contributed by atoms with Gasteiger partial charge in [0, 0.05) is 12.8 Å². The van der Waals surface area contributed by atoms with Crippen molar-refractivity contribution < 1.29 is 23.9 Å². The third-order valence-electron chi connectivity index (χ3n) is 2.93. The van der Waals surface area contributed by atoms with Crippen LogP contribution in [0.2, 0.25) is 0 Å². The Balaban J connectivity index is 0. The molecular formula is C15H29BrN2O5. The van der Waals surface area contributed by atoms with Crippen LogP contribution in [0.5, 0.6) is 0 Å². The lowest BCUT2D eigenvalue weighted by molar-refractivity contribution is -0.148. The molecule has 0 aliphatic rings. The van der Waals surface area contributed by atoms with E-state index in [4.69, 9.17) is 9.47 Å². The van der Waals surface area contributed by atoms with Crippen molar-refractivity contribution in [1.82, 2.24) is 10.6 Å². The predicted octanol–water partition coefficient (Wildman–Crippen LogP) is 1.35. The van der Waals surface area contributed by atoms with Gasteiger partial charge in [-0.25, -0.2) is 4.79 Å². The number of carbonyl (C=O) groups excluding carboxylic acids is 3. The monoisotopic (exact) mass is 396 g/mol. The van der Waals surface area contributed by atoms with Crippen LogP contribution in [0.15, 0.2) is 0 Å². The largest absolute Gasteiger partial charge is 0.466 e. The van der Waals surface area contributed by atoms with Gasteiger partial charge in [-0.15, -0.1) is 17.0 Å². The molecule has 0 aromatic heterocycles. The lowest BCUT2D eigenvalue weighted by Crippen LogP contribution is -2.42. The van der Waals surface area contributed by atoms with E-state index in [9.17, 15) is 14.4 Å². The Hall–Kier alpha value is -1.15. The van der Waals surface area contributed by atoms with E-state index in [0.29, 0.717) is 13.0 Å². The Bertz CT molecular complexity index is 353. The van der Waals surface area contributed by atoms with Crippen molar-refractivity contribution >= 4 is 34.8 Å². The summed E-state index contributed by atoms with van der Waals surface area (Å²) in [5.74, 6) is -1.12. The molecule has 0 fully saturated rings. The highest BCUT2D eigenvalue weighted by Gasteiger charge is 2.23. The van der Waals surface area contributed by atoms with Crippen LogP contribution >= 0.6 is 17.0 Å². The fourth-order valence-electron chi connectivity index (χ4n) is 1.84. The van der Waals surface area contributed by atoms with E-state index < -0.39 is 12.0 Å². The molecule has 0 spiro atoms. The molecule has 0 radical (unpaired) electrons. The van der Waals surface area contributed by atoms with Crippen molar-refractivity contribution in [1.29, 1.82) is 0 Å². The number of hydrogen-bond acceptors (Lipinski definition) is 6. The Labute approximate surface area is 148 Å². The van der Waals surface area contributed by atoms with E-state index >= 15 is 0 Å². The second-order valence-electron chi connectivity index (χ2n) is 4.78. The summed E-state index contributed by atoms with van der Waals surface area (Å²) in [6.45, 7) is 4.78. The smallest absolute Gasteiger partial charge is 0.328 e. The number of hydrogen-bond donors (Lipinski definition) is 2. The number of rotatable bonds is 12. The SMILES string of the molecule is Br.CCOC(=O)CC[C@@H](NC(=O)CCCCNC)C(=O)OCC. The van der Waals surface area contributed by atoms with Crippen LogP contribution in [0.25, 0.3) is 0 Å². The first kappa shape index (κ1) is 24.1. The van der Waals surface area contributed by atoms with E-state index in [1.54, 1.807) is 13.8 Å².